The Kier molecular flexibility index (Phi) is 7.47. The first-order valence-corrected chi connectivity index (χ1v) is 8.85. The van der Waals surface area contributed by atoms with E-state index in [4.69, 9.17) is 14.2 Å². The molecule has 0 aromatic heterocycles. The van der Waals surface area contributed by atoms with E-state index in [2.05, 4.69) is 26.5 Å². The molecule has 26 heavy (non-hydrogen) atoms. The number of aryl methyl sites for hydroxylation is 1. The molecule has 0 saturated heterocycles. The fourth-order valence-electron chi connectivity index (χ4n) is 2.17. The number of para-hydroxylation sites is 1. The molecule has 0 heterocycles. The average molecular weight is 421 g/mol. The van der Waals surface area contributed by atoms with Gasteiger partial charge < -0.3 is 14.2 Å². The van der Waals surface area contributed by atoms with Crippen molar-refractivity contribution in [3.05, 3.63) is 52.0 Å². The van der Waals surface area contributed by atoms with E-state index in [0.29, 0.717) is 29.4 Å². The number of carbonyl (C=O) groups excluding carboxylic acids is 1. The molecule has 0 aliphatic carbocycles. The van der Waals surface area contributed by atoms with Gasteiger partial charge in [0.15, 0.2) is 18.1 Å². The fraction of sp³-hybridized carbons (Fsp3) is 0.263. The van der Waals surface area contributed by atoms with E-state index in [1.807, 2.05) is 38.1 Å². The second-order valence-corrected chi connectivity index (χ2v) is 6.18. The molecule has 2 rings (SSSR count). The van der Waals surface area contributed by atoms with E-state index in [1.54, 1.807) is 19.2 Å². The standard InChI is InChI=1S/C19H21BrN2O4/c1-4-25-19-14(6-5-7-17(19)24-3)11-21-22-18(23)12-26-16-9-8-13(2)10-15(16)20/h5-11H,4,12H2,1-3H3,(H,22,23)/b21-11+. The average Bonchev–Trinajstić information content (AvgIpc) is 2.62. The summed E-state index contributed by atoms with van der Waals surface area (Å²) in [6.07, 6.45) is 1.51. The number of halogens is 1. The van der Waals surface area contributed by atoms with Crippen LogP contribution in [0.2, 0.25) is 0 Å². The molecule has 0 spiro atoms. The molecule has 1 amide bonds. The predicted octanol–water partition coefficient (Wildman–Crippen LogP) is 3.69. The van der Waals surface area contributed by atoms with Gasteiger partial charge in [0.25, 0.3) is 5.91 Å². The van der Waals surface area contributed by atoms with Gasteiger partial charge in [-0.2, -0.15) is 5.10 Å². The van der Waals surface area contributed by atoms with Gasteiger partial charge in [-0.05, 0) is 59.6 Å². The Balaban J connectivity index is 1.94. The van der Waals surface area contributed by atoms with E-state index in [-0.39, 0.29) is 12.5 Å². The Hall–Kier alpha value is -2.54. The van der Waals surface area contributed by atoms with E-state index >= 15 is 0 Å². The van der Waals surface area contributed by atoms with Gasteiger partial charge in [-0.25, -0.2) is 5.43 Å². The molecule has 0 radical (unpaired) electrons. The summed E-state index contributed by atoms with van der Waals surface area (Å²) < 4.78 is 17.1. The minimum absolute atomic E-state index is 0.143. The van der Waals surface area contributed by atoms with Crippen LogP contribution in [0.1, 0.15) is 18.1 Å². The largest absolute Gasteiger partial charge is 0.493 e. The molecule has 7 heteroatoms. The molecule has 6 nitrogen and oxygen atoms in total. The molecular formula is C19H21BrN2O4. The first-order valence-electron chi connectivity index (χ1n) is 8.05. The monoisotopic (exact) mass is 420 g/mol. The summed E-state index contributed by atoms with van der Waals surface area (Å²) in [7, 11) is 1.57. The molecule has 2 aromatic rings. The lowest BCUT2D eigenvalue weighted by atomic mass is 10.2. The highest BCUT2D eigenvalue weighted by Crippen LogP contribution is 2.30. The molecule has 138 valence electrons. The topological polar surface area (TPSA) is 69.2 Å². The van der Waals surface area contributed by atoms with Gasteiger partial charge in [-0.3, -0.25) is 4.79 Å². The third-order valence-electron chi connectivity index (χ3n) is 3.36. The van der Waals surface area contributed by atoms with Crippen molar-refractivity contribution in [3.8, 4) is 17.2 Å². The van der Waals surface area contributed by atoms with Crippen molar-refractivity contribution < 1.29 is 19.0 Å². The number of hydrazone groups is 1. The molecule has 0 aliphatic heterocycles. The van der Waals surface area contributed by atoms with Crippen LogP contribution in [0.15, 0.2) is 46.0 Å². The summed E-state index contributed by atoms with van der Waals surface area (Å²) in [5.41, 5.74) is 4.23. The molecule has 0 unspecified atom stereocenters. The molecular weight excluding hydrogens is 400 g/mol. The molecule has 0 fully saturated rings. The SMILES string of the molecule is CCOc1c(/C=N/NC(=O)COc2ccc(C)cc2Br)cccc1OC. The second kappa shape index (κ2) is 9.82. The number of carbonyl (C=O) groups is 1. The molecule has 0 saturated carbocycles. The number of amides is 1. The van der Waals surface area contributed by atoms with E-state index < -0.39 is 0 Å². The first kappa shape index (κ1) is 19.8. The summed E-state index contributed by atoms with van der Waals surface area (Å²) >= 11 is 3.40. The van der Waals surface area contributed by atoms with E-state index in [9.17, 15) is 4.79 Å². The zero-order chi connectivity index (χ0) is 18.9. The van der Waals surface area contributed by atoms with Crippen molar-refractivity contribution in [2.24, 2.45) is 5.10 Å². The second-order valence-electron chi connectivity index (χ2n) is 5.33. The zero-order valence-corrected chi connectivity index (χ0v) is 16.5. The van der Waals surface area contributed by atoms with Crippen molar-refractivity contribution in [3.63, 3.8) is 0 Å². The quantitative estimate of drug-likeness (QED) is 0.522. The van der Waals surface area contributed by atoms with Crippen LogP contribution in [-0.4, -0.2) is 32.4 Å². The lowest BCUT2D eigenvalue weighted by Gasteiger charge is -2.11. The molecule has 1 N–H and O–H groups in total. The Labute approximate surface area is 161 Å². The van der Waals surface area contributed by atoms with Crippen LogP contribution in [0.5, 0.6) is 17.2 Å². The molecule has 2 aromatic carbocycles. The minimum Gasteiger partial charge on any atom is -0.493 e. The van der Waals surface area contributed by atoms with Crippen LogP contribution >= 0.6 is 15.9 Å². The number of hydrogen-bond acceptors (Lipinski definition) is 5. The number of benzene rings is 2. The maximum atomic E-state index is 11.9. The van der Waals surface area contributed by atoms with Crippen LogP contribution < -0.4 is 19.6 Å². The van der Waals surface area contributed by atoms with Crippen LogP contribution in [0.25, 0.3) is 0 Å². The highest BCUT2D eigenvalue weighted by Gasteiger charge is 2.09. The maximum Gasteiger partial charge on any atom is 0.277 e. The van der Waals surface area contributed by atoms with Crippen molar-refractivity contribution in [2.45, 2.75) is 13.8 Å². The van der Waals surface area contributed by atoms with Gasteiger partial charge in [0.2, 0.25) is 0 Å². The molecule has 0 bridgehead atoms. The minimum atomic E-state index is -0.366. The Morgan fingerprint density at radius 1 is 1.23 bits per heavy atom. The van der Waals surface area contributed by atoms with Crippen molar-refractivity contribution in [1.82, 2.24) is 5.43 Å². The van der Waals surface area contributed by atoms with Gasteiger partial charge in [0.1, 0.15) is 5.75 Å². The third kappa shape index (κ3) is 5.49. The smallest absolute Gasteiger partial charge is 0.277 e. The van der Waals surface area contributed by atoms with Crippen molar-refractivity contribution in [2.75, 3.05) is 20.3 Å². The molecule has 0 aliphatic rings. The highest BCUT2D eigenvalue weighted by atomic mass is 79.9. The maximum absolute atomic E-state index is 11.9. The van der Waals surface area contributed by atoms with Gasteiger partial charge in [-0.1, -0.05) is 12.1 Å². The van der Waals surface area contributed by atoms with E-state index in [0.717, 1.165) is 10.0 Å². The third-order valence-corrected chi connectivity index (χ3v) is 3.98. The predicted molar refractivity (Wildman–Crippen MR) is 104 cm³/mol. The first-order chi connectivity index (χ1) is 12.5. The Morgan fingerprint density at radius 2 is 2.04 bits per heavy atom. The van der Waals surface area contributed by atoms with Crippen LogP contribution in [-0.2, 0) is 4.79 Å². The van der Waals surface area contributed by atoms with Crippen LogP contribution in [0.3, 0.4) is 0 Å². The summed E-state index contributed by atoms with van der Waals surface area (Å²) in [4.78, 5) is 11.9. The van der Waals surface area contributed by atoms with Crippen molar-refractivity contribution >= 4 is 28.1 Å². The summed E-state index contributed by atoms with van der Waals surface area (Å²) in [6.45, 7) is 4.21. The molecule has 0 atom stereocenters. The lowest BCUT2D eigenvalue weighted by Crippen LogP contribution is -2.24. The van der Waals surface area contributed by atoms with Gasteiger partial charge in [0.05, 0.1) is 24.4 Å². The normalized spacial score (nSPS) is 10.6. The summed E-state index contributed by atoms with van der Waals surface area (Å²) in [5.74, 6) is 1.42. The fourth-order valence-corrected chi connectivity index (χ4v) is 2.77. The number of rotatable bonds is 8. The Morgan fingerprint density at radius 3 is 2.73 bits per heavy atom. The summed E-state index contributed by atoms with van der Waals surface area (Å²) in [6, 6.07) is 11.1. The number of nitrogens with zero attached hydrogens (tertiary/aromatic N) is 1. The van der Waals surface area contributed by atoms with Gasteiger partial charge in [-0.15, -0.1) is 0 Å². The van der Waals surface area contributed by atoms with Gasteiger partial charge in [0, 0.05) is 5.56 Å². The van der Waals surface area contributed by atoms with Crippen molar-refractivity contribution in [1.29, 1.82) is 0 Å². The number of nitrogens with one attached hydrogen (secondary N) is 1. The van der Waals surface area contributed by atoms with Crippen LogP contribution in [0.4, 0.5) is 0 Å². The number of ether oxygens (including phenoxy) is 3. The zero-order valence-electron chi connectivity index (χ0n) is 14.9. The van der Waals surface area contributed by atoms with Gasteiger partial charge >= 0.3 is 0 Å². The highest BCUT2D eigenvalue weighted by molar-refractivity contribution is 9.10. The van der Waals surface area contributed by atoms with Crippen LogP contribution in [0, 0.1) is 6.92 Å². The lowest BCUT2D eigenvalue weighted by molar-refractivity contribution is -0.123. The van der Waals surface area contributed by atoms with E-state index in [1.165, 1.54) is 6.21 Å². The Bertz CT molecular complexity index is 793. The number of hydrogen-bond donors (Lipinski definition) is 1. The number of methoxy groups -OCH3 is 1. The summed E-state index contributed by atoms with van der Waals surface area (Å²) in [5, 5.41) is 3.96.